The largest absolute Gasteiger partial charge is 0.323 e. The molecule has 0 aromatic heterocycles. The van der Waals surface area contributed by atoms with E-state index >= 15 is 0 Å². The highest BCUT2D eigenvalue weighted by molar-refractivity contribution is 14.1. The highest BCUT2D eigenvalue weighted by Crippen LogP contribution is 2.65. The molecule has 1 heterocycles. The van der Waals surface area contributed by atoms with E-state index in [9.17, 15) is 0 Å². The van der Waals surface area contributed by atoms with Gasteiger partial charge in [-0.05, 0) is 13.3 Å². The van der Waals surface area contributed by atoms with E-state index in [-0.39, 0.29) is 5.54 Å². The minimum atomic E-state index is 0.119. The lowest BCUT2D eigenvalue weighted by Gasteiger charge is -2.22. The van der Waals surface area contributed by atoms with Gasteiger partial charge in [0.15, 0.2) is 0 Å². The van der Waals surface area contributed by atoms with Gasteiger partial charge in [0.2, 0.25) is 0 Å². The molecule has 11 heavy (non-hydrogen) atoms. The molecule has 1 aliphatic heterocycles. The zero-order valence-corrected chi connectivity index (χ0v) is 9.42. The van der Waals surface area contributed by atoms with Gasteiger partial charge in [0, 0.05) is 45.9 Å². The van der Waals surface area contributed by atoms with Crippen LogP contribution in [0, 0.1) is 5.41 Å². The SMILES string of the molecule is CC1C[C@]2(N)[C@H](N1I)C2(C)C. The van der Waals surface area contributed by atoms with E-state index in [0.717, 1.165) is 6.42 Å². The summed E-state index contributed by atoms with van der Waals surface area (Å²) in [4.78, 5) is 0. The summed E-state index contributed by atoms with van der Waals surface area (Å²) < 4.78 is 2.40. The maximum Gasteiger partial charge on any atom is 0.0452 e. The average molecular weight is 266 g/mol. The van der Waals surface area contributed by atoms with Crippen molar-refractivity contribution in [2.24, 2.45) is 11.1 Å². The van der Waals surface area contributed by atoms with Crippen LogP contribution in [0.3, 0.4) is 0 Å². The van der Waals surface area contributed by atoms with Crippen LogP contribution in [-0.4, -0.2) is 20.7 Å². The molecule has 2 N–H and O–H groups in total. The second kappa shape index (κ2) is 1.93. The van der Waals surface area contributed by atoms with E-state index in [0.29, 0.717) is 17.5 Å². The Labute approximate surface area is 82.0 Å². The minimum Gasteiger partial charge on any atom is -0.323 e. The molecular formula is C8H15IN2. The van der Waals surface area contributed by atoms with Crippen LogP contribution in [0.5, 0.6) is 0 Å². The molecule has 0 radical (unpaired) electrons. The molecule has 0 aromatic carbocycles. The van der Waals surface area contributed by atoms with Gasteiger partial charge < -0.3 is 5.73 Å². The van der Waals surface area contributed by atoms with Gasteiger partial charge in [-0.1, -0.05) is 13.8 Å². The van der Waals surface area contributed by atoms with Crippen molar-refractivity contribution in [1.82, 2.24) is 3.11 Å². The van der Waals surface area contributed by atoms with Crippen LogP contribution >= 0.6 is 22.9 Å². The lowest BCUT2D eigenvalue weighted by molar-refractivity contribution is 0.334. The molecule has 0 spiro atoms. The monoisotopic (exact) mass is 266 g/mol. The van der Waals surface area contributed by atoms with Crippen molar-refractivity contribution < 1.29 is 0 Å². The van der Waals surface area contributed by atoms with Gasteiger partial charge in [0.1, 0.15) is 0 Å². The maximum absolute atomic E-state index is 6.26. The van der Waals surface area contributed by atoms with Crippen molar-refractivity contribution in [1.29, 1.82) is 0 Å². The summed E-state index contributed by atoms with van der Waals surface area (Å²) in [5.74, 6) is 0. The molecule has 64 valence electrons. The third kappa shape index (κ3) is 0.748. The second-order valence-electron chi connectivity index (χ2n) is 4.56. The number of hydrogen-bond acceptors (Lipinski definition) is 2. The Kier molecular flexibility index (Phi) is 1.45. The number of piperidine rings is 1. The molecule has 3 atom stereocenters. The first-order valence-electron chi connectivity index (χ1n) is 4.14. The summed E-state index contributed by atoms with van der Waals surface area (Å²) in [7, 11) is 0. The molecule has 1 saturated carbocycles. The molecule has 0 amide bonds. The van der Waals surface area contributed by atoms with Gasteiger partial charge in [-0.25, -0.2) is 3.11 Å². The summed E-state index contributed by atoms with van der Waals surface area (Å²) in [6.45, 7) is 6.80. The van der Waals surface area contributed by atoms with Crippen LogP contribution in [0.2, 0.25) is 0 Å². The fourth-order valence-corrected chi connectivity index (χ4v) is 3.98. The van der Waals surface area contributed by atoms with Crippen molar-refractivity contribution in [3.8, 4) is 0 Å². The number of fused-ring (bicyclic) bond motifs is 1. The molecule has 3 heteroatoms. The van der Waals surface area contributed by atoms with Crippen LogP contribution in [0.4, 0.5) is 0 Å². The summed E-state index contributed by atoms with van der Waals surface area (Å²) in [6.07, 6.45) is 1.16. The average Bonchev–Trinajstić information content (AvgIpc) is 2.08. The summed E-state index contributed by atoms with van der Waals surface area (Å²) in [6, 6.07) is 1.28. The van der Waals surface area contributed by atoms with Gasteiger partial charge in [-0.15, -0.1) is 0 Å². The lowest BCUT2D eigenvalue weighted by atomic mass is 9.98. The first-order chi connectivity index (χ1) is 4.91. The van der Waals surface area contributed by atoms with E-state index in [2.05, 4.69) is 46.7 Å². The quantitative estimate of drug-likeness (QED) is 0.532. The Bertz CT molecular complexity index is 204. The predicted molar refractivity (Wildman–Crippen MR) is 54.4 cm³/mol. The zero-order chi connectivity index (χ0) is 8.44. The first kappa shape index (κ1) is 8.26. The lowest BCUT2D eigenvalue weighted by Crippen LogP contribution is -2.30. The third-order valence-electron chi connectivity index (χ3n) is 3.59. The van der Waals surface area contributed by atoms with Gasteiger partial charge >= 0.3 is 0 Å². The first-order valence-corrected chi connectivity index (χ1v) is 5.11. The molecule has 1 unspecified atom stereocenters. The Balaban J connectivity index is 2.26. The van der Waals surface area contributed by atoms with E-state index < -0.39 is 0 Å². The Morgan fingerprint density at radius 1 is 1.55 bits per heavy atom. The molecule has 2 rings (SSSR count). The molecule has 2 nitrogen and oxygen atoms in total. The van der Waals surface area contributed by atoms with E-state index in [1.165, 1.54) is 0 Å². The van der Waals surface area contributed by atoms with Crippen LogP contribution in [0.1, 0.15) is 27.2 Å². The van der Waals surface area contributed by atoms with Gasteiger partial charge in [0.05, 0.1) is 0 Å². The fourth-order valence-electron chi connectivity index (χ4n) is 2.59. The third-order valence-corrected chi connectivity index (χ3v) is 5.10. The highest BCUT2D eigenvalue weighted by Gasteiger charge is 2.75. The Hall–Kier alpha value is 0.650. The van der Waals surface area contributed by atoms with Crippen LogP contribution in [0.25, 0.3) is 0 Å². The summed E-state index contributed by atoms with van der Waals surface area (Å²) in [5, 5.41) is 0. The molecule has 0 bridgehead atoms. The van der Waals surface area contributed by atoms with Crippen LogP contribution < -0.4 is 5.73 Å². The molecule has 2 fully saturated rings. The number of nitrogens with two attached hydrogens (primary N) is 1. The number of halogens is 1. The molecular weight excluding hydrogens is 251 g/mol. The highest BCUT2D eigenvalue weighted by atomic mass is 127. The standard InChI is InChI=1S/C8H15IN2/c1-5-4-8(10)6(11(5)9)7(8,2)3/h5-6H,4,10H2,1-3H3/t5?,6-,8+/m1/s1. The topological polar surface area (TPSA) is 29.3 Å². The number of nitrogens with zero attached hydrogens (tertiary/aromatic N) is 1. The minimum absolute atomic E-state index is 0.119. The van der Waals surface area contributed by atoms with Crippen molar-refractivity contribution in [2.45, 2.75) is 44.8 Å². The Morgan fingerprint density at radius 3 is 2.36 bits per heavy atom. The van der Waals surface area contributed by atoms with Crippen LogP contribution in [-0.2, 0) is 0 Å². The smallest absolute Gasteiger partial charge is 0.0452 e. The second-order valence-corrected chi connectivity index (χ2v) is 5.68. The zero-order valence-electron chi connectivity index (χ0n) is 7.26. The van der Waals surface area contributed by atoms with Crippen molar-refractivity contribution >= 4 is 22.9 Å². The van der Waals surface area contributed by atoms with Crippen molar-refractivity contribution in [3.05, 3.63) is 0 Å². The summed E-state index contributed by atoms with van der Waals surface area (Å²) >= 11 is 2.41. The van der Waals surface area contributed by atoms with Gasteiger partial charge in [-0.2, -0.15) is 0 Å². The van der Waals surface area contributed by atoms with Gasteiger partial charge in [-0.3, -0.25) is 0 Å². The molecule has 1 saturated heterocycles. The maximum atomic E-state index is 6.26. The summed E-state index contributed by atoms with van der Waals surface area (Å²) in [5.41, 5.74) is 6.73. The van der Waals surface area contributed by atoms with Crippen LogP contribution in [0.15, 0.2) is 0 Å². The van der Waals surface area contributed by atoms with E-state index in [4.69, 9.17) is 5.73 Å². The molecule has 0 aromatic rings. The fraction of sp³-hybridized carbons (Fsp3) is 1.00. The molecule has 1 aliphatic carbocycles. The van der Waals surface area contributed by atoms with E-state index in [1.54, 1.807) is 0 Å². The number of rotatable bonds is 0. The molecule has 2 aliphatic rings. The predicted octanol–water partition coefficient (Wildman–Crippen LogP) is 1.54. The van der Waals surface area contributed by atoms with Crippen molar-refractivity contribution in [2.75, 3.05) is 0 Å². The van der Waals surface area contributed by atoms with Crippen molar-refractivity contribution in [3.63, 3.8) is 0 Å². The van der Waals surface area contributed by atoms with E-state index in [1.807, 2.05) is 0 Å². The van der Waals surface area contributed by atoms with Gasteiger partial charge in [0.25, 0.3) is 0 Å². The number of hydrogen-bond donors (Lipinski definition) is 1. The normalized spacial score (nSPS) is 54.3. The Morgan fingerprint density at radius 2 is 2.09 bits per heavy atom.